The fraction of sp³-hybridized carbons (Fsp3) is 0.364. The summed E-state index contributed by atoms with van der Waals surface area (Å²) >= 11 is 0. The van der Waals surface area contributed by atoms with E-state index in [4.69, 9.17) is 10.9 Å². The number of hydrogen-bond acceptors (Lipinski definition) is 5. The molecular weight excluding hydrogens is 234 g/mol. The largest absolute Gasteiger partial charge is 0.409 e. The van der Waals surface area contributed by atoms with Crippen LogP contribution in [0.5, 0.6) is 0 Å². The van der Waals surface area contributed by atoms with Crippen LogP contribution in [-0.2, 0) is 11.3 Å². The van der Waals surface area contributed by atoms with Gasteiger partial charge in [0, 0.05) is 31.7 Å². The fourth-order valence-electron chi connectivity index (χ4n) is 1.79. The lowest BCUT2D eigenvalue weighted by atomic mass is 10.2. The van der Waals surface area contributed by atoms with Gasteiger partial charge in [-0.1, -0.05) is 5.16 Å². The first-order valence-electron chi connectivity index (χ1n) is 5.62. The van der Waals surface area contributed by atoms with Crippen molar-refractivity contribution in [1.29, 1.82) is 0 Å². The zero-order valence-corrected chi connectivity index (χ0v) is 9.76. The predicted molar refractivity (Wildman–Crippen MR) is 65.0 cm³/mol. The van der Waals surface area contributed by atoms with Gasteiger partial charge in [-0.25, -0.2) is 0 Å². The second-order valence-corrected chi connectivity index (χ2v) is 4.12. The van der Waals surface area contributed by atoms with Crippen LogP contribution in [0.4, 0.5) is 0 Å². The van der Waals surface area contributed by atoms with Crippen LogP contribution < -0.4 is 16.4 Å². The number of nitrogens with zero attached hydrogens (tertiary/aromatic N) is 2. The van der Waals surface area contributed by atoms with E-state index in [2.05, 4.69) is 20.8 Å². The van der Waals surface area contributed by atoms with Gasteiger partial charge in [0.2, 0.25) is 5.91 Å². The van der Waals surface area contributed by atoms with Crippen molar-refractivity contribution in [2.75, 3.05) is 6.54 Å². The molecule has 0 saturated carbocycles. The number of oxime groups is 1. The first kappa shape index (κ1) is 12.3. The van der Waals surface area contributed by atoms with E-state index >= 15 is 0 Å². The Morgan fingerprint density at radius 3 is 3.22 bits per heavy atom. The molecule has 0 bridgehead atoms. The highest BCUT2D eigenvalue weighted by Crippen LogP contribution is 2.04. The molecular formula is C11H15N5O2. The van der Waals surface area contributed by atoms with Crippen molar-refractivity contribution >= 4 is 11.7 Å². The van der Waals surface area contributed by atoms with Crippen LogP contribution >= 0.6 is 0 Å². The summed E-state index contributed by atoms with van der Waals surface area (Å²) < 4.78 is 0. The highest BCUT2D eigenvalue weighted by molar-refractivity contribution is 5.95. The second kappa shape index (κ2) is 5.46. The van der Waals surface area contributed by atoms with Crippen LogP contribution in [-0.4, -0.2) is 34.5 Å². The van der Waals surface area contributed by atoms with Gasteiger partial charge in [-0.15, -0.1) is 0 Å². The lowest BCUT2D eigenvalue weighted by molar-refractivity contribution is -0.119. The van der Waals surface area contributed by atoms with Crippen LogP contribution in [0.25, 0.3) is 0 Å². The molecule has 5 N–H and O–H groups in total. The summed E-state index contributed by atoms with van der Waals surface area (Å²) in [5.41, 5.74) is 6.85. The van der Waals surface area contributed by atoms with Gasteiger partial charge in [-0.05, 0) is 17.7 Å². The Bertz CT molecular complexity index is 474. The number of nitrogens with one attached hydrogen (secondary N) is 2. The molecule has 1 aliphatic rings. The van der Waals surface area contributed by atoms with Crippen molar-refractivity contribution in [3.8, 4) is 0 Å². The van der Waals surface area contributed by atoms with Crippen molar-refractivity contribution in [1.82, 2.24) is 15.6 Å². The van der Waals surface area contributed by atoms with Gasteiger partial charge in [0.15, 0.2) is 5.84 Å². The average Bonchev–Trinajstić information content (AvgIpc) is 2.81. The van der Waals surface area contributed by atoms with E-state index in [1.54, 1.807) is 12.3 Å². The molecule has 96 valence electrons. The van der Waals surface area contributed by atoms with Gasteiger partial charge in [0.1, 0.15) is 5.69 Å². The third kappa shape index (κ3) is 2.95. The lowest BCUT2D eigenvalue weighted by Gasteiger charge is -2.10. The normalized spacial score (nSPS) is 19.9. The van der Waals surface area contributed by atoms with Crippen molar-refractivity contribution in [3.05, 3.63) is 29.6 Å². The minimum atomic E-state index is -0.0189. The Labute approximate surface area is 104 Å². The Balaban J connectivity index is 1.95. The summed E-state index contributed by atoms with van der Waals surface area (Å²) in [4.78, 5) is 15.0. The van der Waals surface area contributed by atoms with E-state index in [-0.39, 0.29) is 17.8 Å². The highest BCUT2D eigenvalue weighted by Gasteiger charge is 2.20. The molecule has 7 nitrogen and oxygen atoms in total. The zero-order valence-electron chi connectivity index (χ0n) is 9.76. The number of amidine groups is 1. The molecule has 1 aromatic rings. The third-order valence-corrected chi connectivity index (χ3v) is 2.77. The predicted octanol–water partition coefficient (Wildman–Crippen LogP) is -0.846. The van der Waals surface area contributed by atoms with Crippen LogP contribution in [0.3, 0.4) is 0 Å². The summed E-state index contributed by atoms with van der Waals surface area (Å²) in [7, 11) is 0. The van der Waals surface area contributed by atoms with E-state index in [0.717, 1.165) is 5.56 Å². The van der Waals surface area contributed by atoms with Gasteiger partial charge in [0.25, 0.3) is 0 Å². The summed E-state index contributed by atoms with van der Waals surface area (Å²) in [6, 6.07) is 3.73. The summed E-state index contributed by atoms with van der Waals surface area (Å²) in [5, 5.41) is 17.5. The first-order valence-corrected chi connectivity index (χ1v) is 5.62. The summed E-state index contributed by atoms with van der Waals surface area (Å²) in [6.45, 7) is 1.25. The molecule has 1 atom stereocenters. The van der Waals surface area contributed by atoms with E-state index in [1.807, 2.05) is 6.07 Å². The molecule has 0 aliphatic carbocycles. The van der Waals surface area contributed by atoms with Gasteiger partial charge >= 0.3 is 0 Å². The average molecular weight is 249 g/mol. The molecule has 1 aromatic heterocycles. The first-order chi connectivity index (χ1) is 8.69. The van der Waals surface area contributed by atoms with Crippen LogP contribution in [0.1, 0.15) is 17.7 Å². The number of carbonyl (C=O) groups is 1. The Morgan fingerprint density at radius 1 is 1.72 bits per heavy atom. The van der Waals surface area contributed by atoms with Crippen LogP contribution in [0.15, 0.2) is 23.5 Å². The molecule has 1 amide bonds. The van der Waals surface area contributed by atoms with Gasteiger partial charge < -0.3 is 21.6 Å². The van der Waals surface area contributed by atoms with Crippen LogP contribution in [0.2, 0.25) is 0 Å². The van der Waals surface area contributed by atoms with Gasteiger partial charge in [-0.2, -0.15) is 0 Å². The van der Waals surface area contributed by atoms with Crippen molar-refractivity contribution in [2.45, 2.75) is 19.0 Å². The molecule has 1 saturated heterocycles. The molecule has 1 unspecified atom stereocenters. The third-order valence-electron chi connectivity index (χ3n) is 2.77. The molecule has 7 heteroatoms. The van der Waals surface area contributed by atoms with Crippen molar-refractivity contribution in [2.24, 2.45) is 10.9 Å². The molecule has 18 heavy (non-hydrogen) atoms. The molecule has 1 aliphatic heterocycles. The van der Waals surface area contributed by atoms with E-state index in [0.29, 0.717) is 25.2 Å². The molecule has 2 rings (SSSR count). The topological polar surface area (TPSA) is 113 Å². The highest BCUT2D eigenvalue weighted by atomic mass is 16.4. The van der Waals surface area contributed by atoms with E-state index in [1.165, 1.54) is 0 Å². The minimum absolute atomic E-state index is 0.0189. The van der Waals surface area contributed by atoms with E-state index < -0.39 is 0 Å². The molecule has 0 spiro atoms. The maximum Gasteiger partial charge on any atom is 0.221 e. The standard InChI is InChI=1S/C11H15N5O2/c12-11(16-18)9-3-7(1-2-13-9)5-14-8-4-10(17)15-6-8/h1-3,8,14,18H,4-6H2,(H2,12,16)(H,15,17). The number of carbonyl (C=O) groups excluding carboxylic acids is 1. The Morgan fingerprint density at radius 2 is 2.56 bits per heavy atom. The van der Waals surface area contributed by atoms with Crippen molar-refractivity contribution in [3.63, 3.8) is 0 Å². The Kier molecular flexibility index (Phi) is 3.73. The minimum Gasteiger partial charge on any atom is -0.409 e. The lowest BCUT2D eigenvalue weighted by Crippen LogP contribution is -2.30. The quantitative estimate of drug-likeness (QED) is 0.240. The maximum absolute atomic E-state index is 11.0. The summed E-state index contributed by atoms with van der Waals surface area (Å²) in [5.74, 6) is 0.0501. The number of rotatable bonds is 4. The second-order valence-electron chi connectivity index (χ2n) is 4.12. The van der Waals surface area contributed by atoms with Gasteiger partial charge in [-0.3, -0.25) is 9.78 Å². The molecule has 0 radical (unpaired) electrons. The smallest absolute Gasteiger partial charge is 0.221 e. The maximum atomic E-state index is 11.0. The number of nitrogens with two attached hydrogens (primary N) is 1. The Hall–Kier alpha value is -2.15. The van der Waals surface area contributed by atoms with E-state index in [9.17, 15) is 4.79 Å². The number of hydrogen-bond donors (Lipinski definition) is 4. The number of aromatic nitrogens is 1. The van der Waals surface area contributed by atoms with Gasteiger partial charge in [0.05, 0.1) is 0 Å². The SMILES string of the molecule is N/C(=N/O)c1cc(CNC2CNC(=O)C2)ccn1. The van der Waals surface area contributed by atoms with Crippen molar-refractivity contribution < 1.29 is 10.0 Å². The molecule has 1 fully saturated rings. The molecule has 2 heterocycles. The van der Waals surface area contributed by atoms with Crippen LogP contribution in [0, 0.1) is 0 Å². The monoisotopic (exact) mass is 249 g/mol. The summed E-state index contributed by atoms with van der Waals surface area (Å²) in [6.07, 6.45) is 2.10. The fourth-order valence-corrected chi connectivity index (χ4v) is 1.79. The molecule has 0 aromatic carbocycles. The zero-order chi connectivity index (χ0) is 13.0. The number of amides is 1. The number of pyridine rings is 1.